The molecule has 1 N–H and O–H groups in total. The van der Waals surface area contributed by atoms with Crippen LogP contribution in [0, 0.1) is 0 Å². The fourth-order valence-electron chi connectivity index (χ4n) is 2.91. The highest BCUT2D eigenvalue weighted by Gasteiger charge is 2.15. The zero-order chi connectivity index (χ0) is 18.8. The first kappa shape index (κ1) is 17.2. The normalized spacial score (nSPS) is 10.8. The second-order valence-corrected chi connectivity index (χ2v) is 6.26. The van der Waals surface area contributed by atoms with Gasteiger partial charge in [0.2, 0.25) is 0 Å². The molecular formula is C20H16ClN5O. The minimum atomic E-state index is 0.480. The Balaban J connectivity index is 1.98. The van der Waals surface area contributed by atoms with Gasteiger partial charge in [-0.05, 0) is 35.4 Å². The number of aromatic nitrogens is 4. The zero-order valence-electron chi connectivity index (χ0n) is 14.8. The van der Waals surface area contributed by atoms with Gasteiger partial charge in [0.15, 0.2) is 5.82 Å². The summed E-state index contributed by atoms with van der Waals surface area (Å²) < 4.78 is 5.62. The third-order valence-electron chi connectivity index (χ3n) is 4.17. The molecule has 4 rings (SSSR count). The number of halogens is 1. The van der Waals surface area contributed by atoms with Crippen molar-refractivity contribution in [3.8, 4) is 28.4 Å². The summed E-state index contributed by atoms with van der Waals surface area (Å²) in [6.07, 6.45) is 4.86. The molecule has 0 atom stereocenters. The van der Waals surface area contributed by atoms with E-state index >= 15 is 0 Å². The van der Waals surface area contributed by atoms with Crippen molar-refractivity contribution >= 4 is 28.3 Å². The SMILES string of the molecule is CNc1nc(-c2cnccn2)nc2c(OC)cc(-c3cccc(Cl)c3)cc12. The number of methoxy groups -OCH3 is 1. The Kier molecular flexibility index (Phi) is 4.56. The maximum Gasteiger partial charge on any atom is 0.182 e. The van der Waals surface area contributed by atoms with Gasteiger partial charge in [0.1, 0.15) is 22.8 Å². The smallest absolute Gasteiger partial charge is 0.182 e. The molecule has 134 valence electrons. The van der Waals surface area contributed by atoms with Crippen molar-refractivity contribution < 1.29 is 4.74 Å². The van der Waals surface area contributed by atoms with Crippen molar-refractivity contribution in [3.63, 3.8) is 0 Å². The van der Waals surface area contributed by atoms with Crippen LogP contribution in [-0.2, 0) is 0 Å². The lowest BCUT2D eigenvalue weighted by atomic mass is 10.0. The summed E-state index contributed by atoms with van der Waals surface area (Å²) in [5.41, 5.74) is 3.25. The first-order chi connectivity index (χ1) is 13.2. The van der Waals surface area contributed by atoms with Crippen molar-refractivity contribution in [1.29, 1.82) is 0 Å². The number of ether oxygens (including phenoxy) is 1. The molecule has 4 aromatic rings. The summed E-state index contributed by atoms with van der Waals surface area (Å²) in [6, 6.07) is 11.6. The summed E-state index contributed by atoms with van der Waals surface area (Å²) in [4.78, 5) is 17.7. The molecule has 0 saturated carbocycles. The van der Waals surface area contributed by atoms with Gasteiger partial charge in [0.05, 0.1) is 13.3 Å². The van der Waals surface area contributed by atoms with Crippen molar-refractivity contribution in [2.24, 2.45) is 0 Å². The molecule has 2 aromatic carbocycles. The second-order valence-electron chi connectivity index (χ2n) is 5.82. The molecule has 2 heterocycles. The Morgan fingerprint density at radius 1 is 1.04 bits per heavy atom. The lowest BCUT2D eigenvalue weighted by molar-refractivity contribution is 0.419. The molecule has 0 saturated heterocycles. The van der Waals surface area contributed by atoms with E-state index in [9.17, 15) is 0 Å². The largest absolute Gasteiger partial charge is 0.494 e. The summed E-state index contributed by atoms with van der Waals surface area (Å²) in [5, 5.41) is 4.66. The second kappa shape index (κ2) is 7.17. The minimum absolute atomic E-state index is 0.480. The number of nitrogens with one attached hydrogen (secondary N) is 1. The Morgan fingerprint density at radius 2 is 1.93 bits per heavy atom. The van der Waals surface area contributed by atoms with E-state index in [2.05, 4.69) is 25.3 Å². The van der Waals surface area contributed by atoms with E-state index in [-0.39, 0.29) is 0 Å². The van der Waals surface area contributed by atoms with E-state index in [1.54, 1.807) is 25.7 Å². The Bertz CT molecular complexity index is 1120. The monoisotopic (exact) mass is 377 g/mol. The molecule has 0 radical (unpaired) electrons. The molecule has 2 aromatic heterocycles. The quantitative estimate of drug-likeness (QED) is 0.566. The van der Waals surface area contributed by atoms with Gasteiger partial charge in [-0.1, -0.05) is 23.7 Å². The lowest BCUT2D eigenvalue weighted by Gasteiger charge is -2.13. The van der Waals surface area contributed by atoms with Crippen LogP contribution >= 0.6 is 11.6 Å². The molecular weight excluding hydrogens is 362 g/mol. The summed E-state index contributed by atoms with van der Waals surface area (Å²) in [6.45, 7) is 0. The van der Waals surface area contributed by atoms with Crippen molar-refractivity contribution in [1.82, 2.24) is 19.9 Å². The molecule has 0 aliphatic heterocycles. The Hall–Kier alpha value is -3.25. The number of nitrogens with zero attached hydrogens (tertiary/aromatic N) is 4. The Labute approximate surface area is 161 Å². The first-order valence-corrected chi connectivity index (χ1v) is 8.67. The van der Waals surface area contributed by atoms with Crippen LogP contribution in [0.5, 0.6) is 5.75 Å². The lowest BCUT2D eigenvalue weighted by Crippen LogP contribution is -2.01. The van der Waals surface area contributed by atoms with Gasteiger partial charge in [0.25, 0.3) is 0 Å². The predicted octanol–water partition coefficient (Wildman–Crippen LogP) is 4.46. The summed E-state index contributed by atoms with van der Waals surface area (Å²) in [7, 11) is 3.44. The molecule has 6 nitrogen and oxygen atoms in total. The van der Waals surface area contributed by atoms with Crippen LogP contribution in [0.2, 0.25) is 5.02 Å². The van der Waals surface area contributed by atoms with Gasteiger partial charge >= 0.3 is 0 Å². The molecule has 0 bridgehead atoms. The molecule has 7 heteroatoms. The maximum absolute atomic E-state index is 6.15. The molecule has 0 unspecified atom stereocenters. The van der Waals surface area contributed by atoms with E-state index < -0.39 is 0 Å². The van der Waals surface area contributed by atoms with Gasteiger partial charge in [0, 0.05) is 29.9 Å². The molecule has 0 fully saturated rings. The first-order valence-electron chi connectivity index (χ1n) is 8.29. The third-order valence-corrected chi connectivity index (χ3v) is 4.41. The van der Waals surface area contributed by atoms with Crippen LogP contribution < -0.4 is 10.1 Å². The highest BCUT2D eigenvalue weighted by atomic mass is 35.5. The average Bonchev–Trinajstić information content (AvgIpc) is 2.72. The van der Waals surface area contributed by atoms with E-state index in [1.807, 2.05) is 43.4 Å². The van der Waals surface area contributed by atoms with E-state index in [0.29, 0.717) is 33.6 Å². The van der Waals surface area contributed by atoms with Crippen molar-refractivity contribution in [3.05, 3.63) is 60.0 Å². The number of fused-ring (bicyclic) bond motifs is 1. The standard InChI is InChI=1S/C20H16ClN5O/c1-22-19-15-9-13(12-4-3-5-14(21)8-12)10-17(27-2)18(15)25-20(26-19)16-11-23-6-7-24-16/h3-11H,1-2H3,(H,22,25,26). The zero-order valence-corrected chi connectivity index (χ0v) is 15.5. The highest BCUT2D eigenvalue weighted by molar-refractivity contribution is 6.30. The molecule has 27 heavy (non-hydrogen) atoms. The predicted molar refractivity (Wildman–Crippen MR) is 107 cm³/mol. The number of rotatable bonds is 4. The summed E-state index contributed by atoms with van der Waals surface area (Å²) >= 11 is 6.15. The van der Waals surface area contributed by atoms with Gasteiger partial charge in [-0.2, -0.15) is 0 Å². The molecule has 0 aliphatic carbocycles. The van der Waals surface area contributed by atoms with Crippen LogP contribution in [0.1, 0.15) is 0 Å². The van der Waals surface area contributed by atoms with E-state index in [0.717, 1.165) is 16.5 Å². The minimum Gasteiger partial charge on any atom is -0.494 e. The maximum atomic E-state index is 6.15. The van der Waals surface area contributed by atoms with Gasteiger partial charge in [-0.15, -0.1) is 0 Å². The highest BCUT2D eigenvalue weighted by Crippen LogP contribution is 2.36. The fraction of sp³-hybridized carbons (Fsp3) is 0.100. The molecule has 0 aliphatic rings. The van der Waals surface area contributed by atoms with Crippen LogP contribution in [-0.4, -0.2) is 34.1 Å². The van der Waals surface area contributed by atoms with Crippen molar-refractivity contribution in [2.45, 2.75) is 0 Å². The number of anilines is 1. The fourth-order valence-corrected chi connectivity index (χ4v) is 3.10. The van der Waals surface area contributed by atoms with Crippen LogP contribution in [0.25, 0.3) is 33.5 Å². The topological polar surface area (TPSA) is 72.8 Å². The van der Waals surface area contributed by atoms with Crippen LogP contribution in [0.15, 0.2) is 55.0 Å². The van der Waals surface area contributed by atoms with Crippen LogP contribution in [0.4, 0.5) is 5.82 Å². The van der Waals surface area contributed by atoms with E-state index in [4.69, 9.17) is 16.3 Å². The molecule has 0 spiro atoms. The van der Waals surface area contributed by atoms with Gasteiger partial charge in [-0.25, -0.2) is 15.0 Å². The summed E-state index contributed by atoms with van der Waals surface area (Å²) in [5.74, 6) is 1.81. The number of hydrogen-bond acceptors (Lipinski definition) is 6. The average molecular weight is 378 g/mol. The number of hydrogen-bond donors (Lipinski definition) is 1. The Morgan fingerprint density at radius 3 is 2.63 bits per heavy atom. The van der Waals surface area contributed by atoms with Gasteiger partial charge in [-0.3, -0.25) is 4.98 Å². The third kappa shape index (κ3) is 3.27. The van der Waals surface area contributed by atoms with Crippen LogP contribution in [0.3, 0.4) is 0 Å². The number of benzene rings is 2. The van der Waals surface area contributed by atoms with Gasteiger partial charge < -0.3 is 10.1 Å². The molecule has 0 amide bonds. The van der Waals surface area contributed by atoms with E-state index in [1.165, 1.54) is 0 Å². The van der Waals surface area contributed by atoms with Crippen molar-refractivity contribution in [2.75, 3.05) is 19.5 Å².